The minimum absolute atomic E-state index is 0.0828. The first-order chi connectivity index (χ1) is 13.9. The summed E-state index contributed by atoms with van der Waals surface area (Å²) in [5, 5.41) is 4.55. The highest BCUT2D eigenvalue weighted by molar-refractivity contribution is 7.89. The van der Waals surface area contributed by atoms with Gasteiger partial charge >= 0.3 is 0 Å². The number of carbonyl (C=O) groups excluding carboxylic acids is 2. The quantitative estimate of drug-likeness (QED) is 0.740. The van der Waals surface area contributed by atoms with E-state index in [4.69, 9.17) is 4.74 Å². The van der Waals surface area contributed by atoms with Crippen LogP contribution in [0.4, 0.5) is 5.69 Å². The van der Waals surface area contributed by atoms with Gasteiger partial charge in [0.1, 0.15) is 5.75 Å². The van der Waals surface area contributed by atoms with Crippen molar-refractivity contribution in [1.82, 2.24) is 9.21 Å². The number of hydrogen-bond donors (Lipinski definition) is 1. The molecule has 2 aliphatic heterocycles. The first-order valence-electron chi connectivity index (χ1n) is 9.01. The molecule has 0 unspecified atom stereocenters. The van der Waals surface area contributed by atoms with Crippen molar-refractivity contribution in [3.63, 3.8) is 0 Å². The van der Waals surface area contributed by atoms with Gasteiger partial charge in [0.2, 0.25) is 15.9 Å². The van der Waals surface area contributed by atoms with Crippen LogP contribution in [0.1, 0.15) is 4.88 Å². The Morgan fingerprint density at radius 3 is 2.69 bits per heavy atom. The third-order valence-corrected chi connectivity index (χ3v) is 7.44. The Morgan fingerprint density at radius 2 is 1.97 bits per heavy atom. The molecular weight excluding hydrogens is 414 g/mol. The lowest BCUT2D eigenvalue weighted by Gasteiger charge is -2.33. The molecule has 8 nitrogen and oxygen atoms in total. The van der Waals surface area contributed by atoms with Gasteiger partial charge in [0.05, 0.1) is 10.6 Å². The average molecular weight is 434 g/mol. The molecule has 1 aromatic carbocycles. The van der Waals surface area contributed by atoms with Crippen LogP contribution in [-0.4, -0.2) is 62.2 Å². The van der Waals surface area contributed by atoms with E-state index < -0.39 is 10.0 Å². The van der Waals surface area contributed by atoms with Crippen LogP contribution < -0.4 is 10.1 Å². The number of carbonyl (C=O) groups is 2. The molecule has 0 atom stereocenters. The molecule has 0 bridgehead atoms. The van der Waals surface area contributed by atoms with E-state index in [-0.39, 0.29) is 36.4 Å². The van der Waals surface area contributed by atoms with Crippen molar-refractivity contribution in [2.24, 2.45) is 0 Å². The van der Waals surface area contributed by atoms with Gasteiger partial charge in [-0.15, -0.1) is 11.3 Å². The molecule has 0 radical (unpaired) electrons. The molecule has 29 heavy (non-hydrogen) atoms. The summed E-state index contributed by atoms with van der Waals surface area (Å²) in [7, 11) is -3.74. The Bertz CT molecular complexity index is 1060. The fourth-order valence-electron chi connectivity index (χ4n) is 3.17. The predicted octanol–water partition coefficient (Wildman–Crippen LogP) is 1.63. The van der Waals surface area contributed by atoms with Crippen LogP contribution in [0.3, 0.4) is 0 Å². The van der Waals surface area contributed by atoms with E-state index in [1.807, 2.05) is 17.5 Å². The number of amides is 2. The Kier molecular flexibility index (Phi) is 5.39. The van der Waals surface area contributed by atoms with E-state index in [9.17, 15) is 18.0 Å². The number of benzene rings is 1. The van der Waals surface area contributed by atoms with Crippen molar-refractivity contribution in [1.29, 1.82) is 0 Å². The molecule has 0 saturated carbocycles. The van der Waals surface area contributed by atoms with Crippen LogP contribution in [-0.2, 0) is 19.6 Å². The van der Waals surface area contributed by atoms with Gasteiger partial charge in [-0.05, 0) is 35.7 Å². The Hall–Kier alpha value is -2.69. The van der Waals surface area contributed by atoms with Crippen molar-refractivity contribution >= 4 is 44.9 Å². The highest BCUT2D eigenvalue weighted by Crippen LogP contribution is 2.31. The Balaban J connectivity index is 1.42. The molecule has 2 aromatic rings. The number of rotatable bonds is 4. The predicted molar refractivity (Wildman–Crippen MR) is 109 cm³/mol. The first-order valence-corrected chi connectivity index (χ1v) is 11.3. The zero-order chi connectivity index (χ0) is 20.4. The molecular formula is C19H19N3O5S2. The molecule has 1 N–H and O–H groups in total. The first kappa shape index (κ1) is 19.6. The molecule has 4 rings (SSSR count). The van der Waals surface area contributed by atoms with Gasteiger partial charge in [0.25, 0.3) is 5.91 Å². The summed E-state index contributed by atoms with van der Waals surface area (Å²) in [6.45, 7) is 0.965. The molecule has 1 saturated heterocycles. The number of anilines is 1. The largest absolute Gasteiger partial charge is 0.482 e. The minimum atomic E-state index is -3.74. The summed E-state index contributed by atoms with van der Waals surface area (Å²) in [6, 6.07) is 8.24. The maximum Gasteiger partial charge on any atom is 0.262 e. The summed E-state index contributed by atoms with van der Waals surface area (Å²) >= 11 is 1.54. The van der Waals surface area contributed by atoms with Gasteiger partial charge in [0.15, 0.2) is 6.61 Å². The van der Waals surface area contributed by atoms with Crippen LogP contribution in [0.25, 0.3) is 6.08 Å². The number of piperazine rings is 1. The molecule has 1 fully saturated rings. The van der Waals surface area contributed by atoms with Gasteiger partial charge in [-0.3, -0.25) is 9.59 Å². The number of sulfonamides is 1. The summed E-state index contributed by atoms with van der Waals surface area (Å²) in [5.41, 5.74) is 0.342. The van der Waals surface area contributed by atoms with Crippen LogP contribution in [0.15, 0.2) is 46.7 Å². The number of ether oxygens (including phenoxy) is 1. The zero-order valence-corrected chi connectivity index (χ0v) is 17.0. The van der Waals surface area contributed by atoms with Crippen LogP contribution >= 0.6 is 11.3 Å². The second kappa shape index (κ2) is 7.97. The van der Waals surface area contributed by atoms with Crippen LogP contribution in [0, 0.1) is 0 Å². The smallest absolute Gasteiger partial charge is 0.262 e. The maximum absolute atomic E-state index is 13.0. The lowest BCUT2D eigenvalue weighted by Crippen LogP contribution is -2.50. The van der Waals surface area contributed by atoms with Crippen molar-refractivity contribution in [2.45, 2.75) is 4.90 Å². The van der Waals surface area contributed by atoms with Gasteiger partial charge in [-0.1, -0.05) is 6.07 Å². The number of nitrogens with zero attached hydrogens (tertiary/aromatic N) is 2. The number of thiophene rings is 1. The van der Waals surface area contributed by atoms with E-state index in [0.29, 0.717) is 24.5 Å². The maximum atomic E-state index is 13.0. The van der Waals surface area contributed by atoms with Crippen molar-refractivity contribution in [3.8, 4) is 5.75 Å². The van der Waals surface area contributed by atoms with Gasteiger partial charge in [-0.2, -0.15) is 4.31 Å². The van der Waals surface area contributed by atoms with E-state index in [0.717, 1.165) is 4.88 Å². The summed E-state index contributed by atoms with van der Waals surface area (Å²) in [5.74, 6) is -0.0182. The summed E-state index contributed by atoms with van der Waals surface area (Å²) in [6.07, 6.45) is 3.28. The molecule has 3 heterocycles. The van der Waals surface area contributed by atoms with Gasteiger partial charge in [0, 0.05) is 37.1 Å². The number of fused-ring (bicyclic) bond motifs is 1. The number of nitrogens with one attached hydrogen (secondary N) is 1. The summed E-state index contributed by atoms with van der Waals surface area (Å²) < 4.78 is 32.6. The fraction of sp³-hybridized carbons (Fsp3) is 0.263. The molecule has 1 aromatic heterocycles. The third kappa shape index (κ3) is 4.19. The van der Waals surface area contributed by atoms with E-state index in [1.54, 1.807) is 22.3 Å². The van der Waals surface area contributed by atoms with Crippen LogP contribution in [0.2, 0.25) is 0 Å². The SMILES string of the molecule is O=C1COc2ccc(S(=O)(=O)N3CCN(C(=O)C=Cc4cccs4)CC3)cc2N1. The van der Waals surface area contributed by atoms with Crippen molar-refractivity contribution in [3.05, 3.63) is 46.7 Å². The lowest BCUT2D eigenvalue weighted by atomic mass is 10.2. The van der Waals surface area contributed by atoms with Crippen molar-refractivity contribution in [2.75, 3.05) is 38.1 Å². The second-order valence-electron chi connectivity index (χ2n) is 6.57. The van der Waals surface area contributed by atoms with Crippen molar-refractivity contribution < 1.29 is 22.7 Å². The molecule has 2 aliphatic rings. The molecule has 152 valence electrons. The van der Waals surface area contributed by atoms with Crippen LogP contribution in [0.5, 0.6) is 5.75 Å². The highest BCUT2D eigenvalue weighted by atomic mass is 32.2. The molecule has 2 amide bonds. The normalized spacial score (nSPS) is 17.7. The number of hydrogen-bond acceptors (Lipinski definition) is 6. The average Bonchev–Trinajstić information content (AvgIpc) is 3.25. The van der Waals surface area contributed by atoms with E-state index >= 15 is 0 Å². The topological polar surface area (TPSA) is 96.0 Å². The summed E-state index contributed by atoms with van der Waals surface area (Å²) in [4.78, 5) is 26.5. The molecule has 0 spiro atoms. The second-order valence-corrected chi connectivity index (χ2v) is 9.49. The zero-order valence-electron chi connectivity index (χ0n) is 15.4. The Morgan fingerprint density at radius 1 is 1.17 bits per heavy atom. The lowest BCUT2D eigenvalue weighted by molar-refractivity contribution is -0.127. The minimum Gasteiger partial charge on any atom is -0.482 e. The van der Waals surface area contributed by atoms with E-state index in [1.165, 1.54) is 28.6 Å². The van der Waals surface area contributed by atoms with Gasteiger partial charge in [-0.25, -0.2) is 8.42 Å². The monoisotopic (exact) mass is 433 g/mol. The third-order valence-electron chi connectivity index (χ3n) is 4.71. The van der Waals surface area contributed by atoms with E-state index in [2.05, 4.69) is 5.32 Å². The molecule has 0 aliphatic carbocycles. The standard InChI is InChI=1S/C19H19N3O5S2/c23-18-13-27-17-5-4-15(12-16(17)20-18)29(25,26)22-9-7-21(8-10-22)19(24)6-3-14-2-1-11-28-14/h1-6,11-12H,7-10,13H2,(H,20,23). The molecule has 10 heteroatoms. The van der Waals surface area contributed by atoms with Gasteiger partial charge < -0.3 is 15.0 Å². The Labute approximate surface area is 172 Å². The fourth-order valence-corrected chi connectivity index (χ4v) is 5.23. The highest BCUT2D eigenvalue weighted by Gasteiger charge is 2.30.